The molecular formula is C33H39NO4. The summed E-state index contributed by atoms with van der Waals surface area (Å²) in [5.41, 5.74) is 6.27. The highest BCUT2D eigenvalue weighted by molar-refractivity contribution is 5.75. The van der Waals surface area contributed by atoms with Gasteiger partial charge in [-0.1, -0.05) is 42.5 Å². The second kappa shape index (κ2) is 10.8. The summed E-state index contributed by atoms with van der Waals surface area (Å²) in [5, 5.41) is 0. The molecule has 3 aromatic carbocycles. The lowest BCUT2D eigenvalue weighted by molar-refractivity contribution is 0.0791. The smallest absolute Gasteiger partial charge is 0.150 e. The number of likely N-dealkylation sites (tertiary alicyclic amines) is 1. The molecule has 2 aliphatic rings. The molecule has 5 nitrogen and oxygen atoms in total. The van der Waals surface area contributed by atoms with Crippen molar-refractivity contribution in [2.24, 2.45) is 0 Å². The second-order valence-corrected chi connectivity index (χ2v) is 11.3. The Hall–Kier alpha value is -3.31. The van der Waals surface area contributed by atoms with E-state index in [-0.39, 0.29) is 11.5 Å². The Morgan fingerprint density at radius 3 is 2.55 bits per heavy atom. The molecule has 0 bridgehead atoms. The molecule has 1 saturated heterocycles. The molecule has 1 fully saturated rings. The summed E-state index contributed by atoms with van der Waals surface area (Å²) in [6.45, 7) is 14.0. The van der Waals surface area contributed by atoms with Crippen molar-refractivity contribution in [3.8, 4) is 17.2 Å². The number of carbonyl (C=O) groups excluding carboxylic acids is 1. The van der Waals surface area contributed by atoms with E-state index in [1.807, 2.05) is 36.4 Å². The zero-order valence-electron chi connectivity index (χ0n) is 23.3. The molecule has 2 heterocycles. The third-order valence-corrected chi connectivity index (χ3v) is 8.36. The van der Waals surface area contributed by atoms with Gasteiger partial charge in [0.25, 0.3) is 0 Å². The van der Waals surface area contributed by atoms with Crippen molar-refractivity contribution in [1.29, 1.82) is 0 Å². The van der Waals surface area contributed by atoms with E-state index in [2.05, 4.69) is 51.7 Å². The Kier molecular flexibility index (Phi) is 7.49. The molecule has 0 aromatic heterocycles. The molecule has 3 aromatic rings. The maximum atomic E-state index is 11.2. The summed E-state index contributed by atoms with van der Waals surface area (Å²) in [6, 6.07) is 18.1. The molecule has 0 N–H and O–H groups in total. The Morgan fingerprint density at radius 2 is 1.79 bits per heavy atom. The van der Waals surface area contributed by atoms with Crippen molar-refractivity contribution in [2.75, 3.05) is 19.7 Å². The fraction of sp³-hybridized carbons (Fsp3) is 0.424. The summed E-state index contributed by atoms with van der Waals surface area (Å²) in [7, 11) is 0. The van der Waals surface area contributed by atoms with Crippen molar-refractivity contribution in [1.82, 2.24) is 4.90 Å². The second-order valence-electron chi connectivity index (χ2n) is 11.3. The van der Waals surface area contributed by atoms with Gasteiger partial charge in [0.1, 0.15) is 42.3 Å². The first-order valence-corrected chi connectivity index (χ1v) is 13.7. The van der Waals surface area contributed by atoms with Gasteiger partial charge in [-0.3, -0.25) is 9.69 Å². The van der Waals surface area contributed by atoms with Gasteiger partial charge in [-0.05, 0) is 88.4 Å². The largest absolute Gasteiger partial charge is 0.492 e. The Balaban J connectivity index is 1.37. The lowest BCUT2D eigenvalue weighted by atomic mass is 9.82. The third-order valence-electron chi connectivity index (χ3n) is 8.36. The highest BCUT2D eigenvalue weighted by Gasteiger charge is 2.46. The van der Waals surface area contributed by atoms with Crippen LogP contribution in [0, 0.1) is 20.8 Å². The van der Waals surface area contributed by atoms with Crippen LogP contribution in [0.5, 0.6) is 17.2 Å². The van der Waals surface area contributed by atoms with Crippen molar-refractivity contribution in [3.05, 3.63) is 88.0 Å². The molecule has 1 unspecified atom stereocenters. The number of ether oxygens (including phenoxy) is 3. The number of aldehydes is 1. The van der Waals surface area contributed by atoms with Gasteiger partial charge in [-0.15, -0.1) is 0 Å². The number of nitrogens with zero attached hydrogens (tertiary/aromatic N) is 1. The van der Waals surface area contributed by atoms with Gasteiger partial charge in [0, 0.05) is 29.6 Å². The predicted octanol–water partition coefficient (Wildman–Crippen LogP) is 6.80. The van der Waals surface area contributed by atoms with E-state index in [0.29, 0.717) is 24.8 Å². The summed E-state index contributed by atoms with van der Waals surface area (Å²) in [4.78, 5) is 13.7. The highest BCUT2D eigenvalue weighted by Crippen LogP contribution is 2.52. The van der Waals surface area contributed by atoms with Crippen LogP contribution >= 0.6 is 0 Å². The minimum atomic E-state index is -0.325. The normalized spacial score (nSPS) is 20.1. The summed E-state index contributed by atoms with van der Waals surface area (Å²) < 4.78 is 19.3. The lowest BCUT2D eigenvalue weighted by Gasteiger charge is -2.33. The topological polar surface area (TPSA) is 48.0 Å². The number of fused-ring (bicyclic) bond motifs is 1. The van der Waals surface area contributed by atoms with Crippen molar-refractivity contribution in [2.45, 2.75) is 71.6 Å². The minimum absolute atomic E-state index is 0.217. The van der Waals surface area contributed by atoms with Gasteiger partial charge >= 0.3 is 0 Å². The monoisotopic (exact) mass is 513 g/mol. The van der Waals surface area contributed by atoms with E-state index in [9.17, 15) is 4.79 Å². The van der Waals surface area contributed by atoms with Gasteiger partial charge in [-0.2, -0.15) is 0 Å². The molecule has 0 radical (unpaired) electrons. The molecule has 0 saturated carbocycles. The van der Waals surface area contributed by atoms with Gasteiger partial charge in [0.2, 0.25) is 0 Å². The average molecular weight is 514 g/mol. The van der Waals surface area contributed by atoms with Gasteiger partial charge < -0.3 is 14.2 Å². The van der Waals surface area contributed by atoms with E-state index in [0.717, 1.165) is 60.6 Å². The maximum absolute atomic E-state index is 11.2. The summed E-state index contributed by atoms with van der Waals surface area (Å²) in [6.07, 6.45) is 3.12. The van der Waals surface area contributed by atoms with Crippen molar-refractivity contribution in [3.63, 3.8) is 0 Å². The number of benzene rings is 3. The summed E-state index contributed by atoms with van der Waals surface area (Å²) >= 11 is 0. The molecule has 0 amide bonds. The zero-order valence-corrected chi connectivity index (χ0v) is 23.3. The van der Waals surface area contributed by atoms with Gasteiger partial charge in [0.05, 0.1) is 0 Å². The molecule has 2 aliphatic heterocycles. The quantitative estimate of drug-likeness (QED) is 0.295. The van der Waals surface area contributed by atoms with Crippen LogP contribution in [-0.4, -0.2) is 42.5 Å². The molecule has 5 heteroatoms. The predicted molar refractivity (Wildman–Crippen MR) is 151 cm³/mol. The number of carbonyl (C=O) groups is 1. The minimum Gasteiger partial charge on any atom is -0.492 e. The van der Waals surface area contributed by atoms with Crippen LogP contribution in [0.25, 0.3) is 0 Å². The zero-order chi connectivity index (χ0) is 26.9. The SMILES string of the molecule is Cc1c(C)c2c(c(C)c1OCc1ccccc1)C(CN1CCC[C@H]1COc1cccc(C=O)c1)C(C)(C)O2. The first-order chi connectivity index (χ1) is 18.3. The van der Waals surface area contributed by atoms with Crippen molar-refractivity contribution >= 4 is 6.29 Å². The Labute approximate surface area is 226 Å². The van der Waals surface area contributed by atoms with Crippen LogP contribution in [0.4, 0.5) is 0 Å². The molecular weight excluding hydrogens is 474 g/mol. The first kappa shape index (κ1) is 26.3. The van der Waals surface area contributed by atoms with Crippen LogP contribution in [0.2, 0.25) is 0 Å². The van der Waals surface area contributed by atoms with Crippen LogP contribution in [0.3, 0.4) is 0 Å². The fourth-order valence-corrected chi connectivity index (χ4v) is 6.04. The number of hydrogen-bond acceptors (Lipinski definition) is 5. The maximum Gasteiger partial charge on any atom is 0.150 e. The standard InChI is InChI=1S/C33H39NO4/c1-22-23(2)32-30(24(3)31(22)37-20-25-11-7-6-8-12-25)29(33(4,5)38-32)18-34-16-10-14-27(34)21-36-28-15-9-13-26(17-28)19-35/h6-9,11-13,15,17,19,27,29H,10,14,16,18,20-21H2,1-5H3/t27-,29?/m0/s1. The van der Waals surface area contributed by atoms with Crippen LogP contribution in [-0.2, 0) is 6.61 Å². The van der Waals surface area contributed by atoms with Gasteiger partial charge in [-0.25, -0.2) is 0 Å². The average Bonchev–Trinajstić information content (AvgIpc) is 3.48. The molecule has 5 rings (SSSR count). The van der Waals surface area contributed by atoms with E-state index in [1.165, 1.54) is 16.7 Å². The fourth-order valence-electron chi connectivity index (χ4n) is 6.04. The van der Waals surface area contributed by atoms with E-state index in [1.54, 1.807) is 6.07 Å². The number of hydrogen-bond donors (Lipinski definition) is 0. The third kappa shape index (κ3) is 5.17. The van der Waals surface area contributed by atoms with E-state index < -0.39 is 0 Å². The molecule has 0 aliphatic carbocycles. The highest BCUT2D eigenvalue weighted by atomic mass is 16.5. The number of rotatable bonds is 9. The summed E-state index contributed by atoms with van der Waals surface area (Å²) in [5.74, 6) is 2.97. The molecule has 2 atom stereocenters. The molecule has 38 heavy (non-hydrogen) atoms. The molecule has 0 spiro atoms. The van der Waals surface area contributed by atoms with Crippen LogP contribution in [0.1, 0.15) is 70.8 Å². The van der Waals surface area contributed by atoms with Crippen LogP contribution < -0.4 is 14.2 Å². The molecule has 200 valence electrons. The first-order valence-electron chi connectivity index (χ1n) is 13.7. The van der Waals surface area contributed by atoms with Crippen molar-refractivity contribution < 1.29 is 19.0 Å². The lowest BCUT2D eigenvalue weighted by Crippen LogP contribution is -2.42. The van der Waals surface area contributed by atoms with Crippen LogP contribution in [0.15, 0.2) is 54.6 Å². The van der Waals surface area contributed by atoms with Gasteiger partial charge in [0.15, 0.2) is 0 Å². The Bertz CT molecular complexity index is 1300. The Morgan fingerprint density at radius 1 is 1.00 bits per heavy atom. The van der Waals surface area contributed by atoms with E-state index in [4.69, 9.17) is 14.2 Å². The van der Waals surface area contributed by atoms with E-state index >= 15 is 0 Å².